The highest BCUT2D eigenvalue weighted by atomic mass is 16.5. The van der Waals surface area contributed by atoms with Gasteiger partial charge >= 0.3 is 0 Å². The van der Waals surface area contributed by atoms with Crippen molar-refractivity contribution in [2.45, 2.75) is 34.1 Å². The Kier molecular flexibility index (Phi) is 7.45. The summed E-state index contributed by atoms with van der Waals surface area (Å²) in [5.74, 6) is 0.730. The molecular formula is C25H31N3O3. The second-order valence-electron chi connectivity index (χ2n) is 7.99. The number of nitrogens with zero attached hydrogens (tertiary/aromatic N) is 3. The molecule has 3 rings (SSSR count). The van der Waals surface area contributed by atoms with E-state index in [2.05, 4.69) is 18.8 Å². The summed E-state index contributed by atoms with van der Waals surface area (Å²) in [4.78, 5) is 33.7. The van der Waals surface area contributed by atoms with Crippen LogP contribution in [-0.2, 0) is 16.0 Å². The number of aromatic nitrogens is 1. The third-order valence-electron chi connectivity index (χ3n) is 5.30. The molecule has 31 heavy (non-hydrogen) atoms. The quantitative estimate of drug-likeness (QED) is 0.547. The van der Waals surface area contributed by atoms with E-state index in [1.165, 1.54) is 4.90 Å². The highest BCUT2D eigenvalue weighted by molar-refractivity contribution is 6.35. The van der Waals surface area contributed by atoms with Gasteiger partial charge in [0.1, 0.15) is 11.4 Å². The van der Waals surface area contributed by atoms with Gasteiger partial charge in [-0.1, -0.05) is 26.0 Å². The van der Waals surface area contributed by atoms with Crippen molar-refractivity contribution in [3.8, 4) is 5.75 Å². The van der Waals surface area contributed by atoms with Crippen molar-refractivity contribution in [1.82, 2.24) is 14.8 Å². The maximum Gasteiger partial charge on any atom is 0.277 e. The summed E-state index contributed by atoms with van der Waals surface area (Å²) in [7, 11) is 0. The number of hydrogen-bond acceptors (Lipinski definition) is 5. The molecule has 1 aromatic carbocycles. The van der Waals surface area contributed by atoms with Gasteiger partial charge in [0.25, 0.3) is 11.8 Å². The molecule has 164 valence electrons. The molecule has 0 fully saturated rings. The summed E-state index contributed by atoms with van der Waals surface area (Å²) in [6.45, 7) is 10.3. The number of likely N-dealkylation sites (N-methyl/N-ethyl adjacent to an activating group) is 2. The first-order chi connectivity index (χ1) is 15.0. The number of carbonyl (C=O) groups excluding carboxylic acids is 2. The largest absolute Gasteiger partial charge is 0.493 e. The lowest BCUT2D eigenvalue weighted by Crippen LogP contribution is -2.35. The monoisotopic (exact) mass is 421 g/mol. The van der Waals surface area contributed by atoms with Crippen molar-refractivity contribution in [3.05, 3.63) is 65.6 Å². The maximum atomic E-state index is 13.2. The summed E-state index contributed by atoms with van der Waals surface area (Å²) >= 11 is 0. The minimum absolute atomic E-state index is 0.223. The molecule has 0 N–H and O–H groups in total. The van der Waals surface area contributed by atoms with Crippen LogP contribution >= 0.6 is 0 Å². The van der Waals surface area contributed by atoms with Crippen molar-refractivity contribution in [2.24, 2.45) is 5.92 Å². The van der Waals surface area contributed by atoms with Gasteiger partial charge < -0.3 is 9.64 Å². The van der Waals surface area contributed by atoms with E-state index < -0.39 is 0 Å². The molecular weight excluding hydrogens is 390 g/mol. The van der Waals surface area contributed by atoms with Gasteiger partial charge in [-0.2, -0.15) is 0 Å². The Labute approximate surface area is 184 Å². The number of pyridine rings is 1. The van der Waals surface area contributed by atoms with E-state index in [4.69, 9.17) is 4.74 Å². The van der Waals surface area contributed by atoms with Crippen LogP contribution in [0.1, 0.15) is 38.8 Å². The first-order valence-corrected chi connectivity index (χ1v) is 10.9. The lowest BCUT2D eigenvalue weighted by molar-refractivity contribution is -0.137. The Hall–Kier alpha value is -3.15. The number of amides is 2. The van der Waals surface area contributed by atoms with E-state index in [0.717, 1.165) is 23.3 Å². The van der Waals surface area contributed by atoms with Gasteiger partial charge in [-0.25, -0.2) is 0 Å². The second kappa shape index (κ2) is 10.2. The van der Waals surface area contributed by atoms with Crippen LogP contribution in [0.3, 0.4) is 0 Å². The standard InChI is InChI=1S/C25H31N3O3/c1-5-27(16-13-19-11-14-26-15-12-19)23-22(24(29)28(6-2)25(23)30)20-7-9-21(10-8-20)31-17-18(3)4/h7-12,14-15,18H,5-6,13,16-17H2,1-4H3. The number of benzene rings is 1. The van der Waals surface area contributed by atoms with Crippen molar-refractivity contribution < 1.29 is 14.3 Å². The molecule has 6 nitrogen and oxygen atoms in total. The minimum atomic E-state index is -0.235. The lowest BCUT2D eigenvalue weighted by atomic mass is 10.0. The third-order valence-corrected chi connectivity index (χ3v) is 5.30. The Morgan fingerprint density at radius 2 is 1.68 bits per heavy atom. The summed E-state index contributed by atoms with van der Waals surface area (Å²) in [5, 5.41) is 0. The molecule has 6 heteroatoms. The summed E-state index contributed by atoms with van der Waals surface area (Å²) in [6.07, 6.45) is 4.30. The lowest BCUT2D eigenvalue weighted by Gasteiger charge is -2.24. The fraction of sp³-hybridized carbons (Fsp3) is 0.400. The summed E-state index contributed by atoms with van der Waals surface area (Å²) in [5.41, 5.74) is 2.84. The van der Waals surface area contributed by atoms with Crippen LogP contribution in [0.2, 0.25) is 0 Å². The van der Waals surface area contributed by atoms with Crippen molar-refractivity contribution in [1.29, 1.82) is 0 Å². The zero-order chi connectivity index (χ0) is 22.4. The average molecular weight is 422 g/mol. The predicted octanol–water partition coefficient (Wildman–Crippen LogP) is 3.78. The molecule has 0 saturated carbocycles. The summed E-state index contributed by atoms with van der Waals surface area (Å²) < 4.78 is 5.76. The Morgan fingerprint density at radius 1 is 1.00 bits per heavy atom. The first kappa shape index (κ1) is 22.5. The van der Waals surface area contributed by atoms with Crippen LogP contribution < -0.4 is 4.74 Å². The predicted molar refractivity (Wildman–Crippen MR) is 121 cm³/mol. The van der Waals surface area contributed by atoms with E-state index in [1.807, 2.05) is 55.1 Å². The molecule has 0 radical (unpaired) electrons. The van der Waals surface area contributed by atoms with Gasteiger partial charge in [-0.3, -0.25) is 19.5 Å². The SMILES string of the molecule is CCN(CCc1ccncc1)C1=C(c2ccc(OCC(C)C)cc2)C(=O)N(CC)C1=O. The van der Waals surface area contributed by atoms with Crippen LogP contribution in [0.25, 0.3) is 5.57 Å². The number of rotatable bonds is 10. The molecule has 0 unspecified atom stereocenters. The molecule has 0 aliphatic carbocycles. The van der Waals surface area contributed by atoms with Crippen LogP contribution in [0.4, 0.5) is 0 Å². The van der Waals surface area contributed by atoms with E-state index in [0.29, 0.717) is 43.4 Å². The van der Waals surface area contributed by atoms with Crippen LogP contribution in [0.5, 0.6) is 5.75 Å². The fourth-order valence-electron chi connectivity index (χ4n) is 3.63. The number of carbonyl (C=O) groups is 2. The molecule has 2 heterocycles. The van der Waals surface area contributed by atoms with Gasteiger partial charge in [0.05, 0.1) is 12.2 Å². The molecule has 2 aromatic rings. The van der Waals surface area contributed by atoms with Gasteiger partial charge in [0.2, 0.25) is 0 Å². The maximum absolute atomic E-state index is 13.2. The zero-order valence-corrected chi connectivity index (χ0v) is 18.8. The minimum Gasteiger partial charge on any atom is -0.493 e. The van der Waals surface area contributed by atoms with E-state index in [1.54, 1.807) is 12.4 Å². The average Bonchev–Trinajstić information content (AvgIpc) is 3.03. The molecule has 1 aliphatic heterocycles. The van der Waals surface area contributed by atoms with E-state index >= 15 is 0 Å². The fourth-order valence-corrected chi connectivity index (χ4v) is 3.63. The highest BCUT2D eigenvalue weighted by Crippen LogP contribution is 2.32. The zero-order valence-electron chi connectivity index (χ0n) is 18.8. The van der Waals surface area contributed by atoms with Gasteiger partial charge in [0.15, 0.2) is 0 Å². The van der Waals surface area contributed by atoms with Crippen molar-refractivity contribution in [3.63, 3.8) is 0 Å². The topological polar surface area (TPSA) is 62.7 Å². The molecule has 0 atom stereocenters. The Balaban J connectivity index is 1.91. The molecule has 0 bridgehead atoms. The molecule has 1 aromatic heterocycles. The third kappa shape index (κ3) is 5.13. The van der Waals surface area contributed by atoms with E-state index in [-0.39, 0.29) is 11.8 Å². The van der Waals surface area contributed by atoms with Crippen LogP contribution in [-0.4, -0.2) is 52.8 Å². The molecule has 2 amide bonds. The highest BCUT2D eigenvalue weighted by Gasteiger charge is 2.40. The normalized spacial score (nSPS) is 14.0. The first-order valence-electron chi connectivity index (χ1n) is 10.9. The molecule has 1 aliphatic rings. The van der Waals surface area contributed by atoms with Gasteiger partial charge in [-0.15, -0.1) is 0 Å². The second-order valence-corrected chi connectivity index (χ2v) is 7.99. The van der Waals surface area contributed by atoms with Gasteiger partial charge in [-0.05, 0) is 61.6 Å². The Morgan fingerprint density at radius 3 is 2.26 bits per heavy atom. The number of ether oxygens (including phenoxy) is 1. The Bertz CT molecular complexity index is 936. The van der Waals surface area contributed by atoms with E-state index in [9.17, 15) is 9.59 Å². The molecule has 0 saturated heterocycles. The number of imide groups is 1. The van der Waals surface area contributed by atoms with Crippen LogP contribution in [0, 0.1) is 5.92 Å². The van der Waals surface area contributed by atoms with Crippen molar-refractivity contribution in [2.75, 3.05) is 26.2 Å². The van der Waals surface area contributed by atoms with Crippen molar-refractivity contribution >= 4 is 17.4 Å². The summed E-state index contributed by atoms with van der Waals surface area (Å²) in [6, 6.07) is 11.4. The number of hydrogen-bond donors (Lipinski definition) is 0. The molecule has 0 spiro atoms. The van der Waals surface area contributed by atoms with Gasteiger partial charge in [0, 0.05) is 32.0 Å². The van der Waals surface area contributed by atoms with Crippen LogP contribution in [0.15, 0.2) is 54.5 Å². The smallest absolute Gasteiger partial charge is 0.277 e.